The first-order valence-corrected chi connectivity index (χ1v) is 17.9. The van der Waals surface area contributed by atoms with Crippen LogP contribution in [0.5, 0.6) is 0 Å². The van der Waals surface area contributed by atoms with Crippen LogP contribution in [0.25, 0.3) is 77.2 Å². The first kappa shape index (κ1) is 29.5. The molecule has 0 bridgehead atoms. The fraction of sp³-hybridized carbons (Fsp3) is 0. The molecular formula is C48H31N5. The average molecular weight is 678 g/mol. The molecule has 0 aliphatic rings. The Labute approximate surface area is 305 Å². The van der Waals surface area contributed by atoms with Gasteiger partial charge in [0.25, 0.3) is 0 Å². The monoisotopic (exact) mass is 677 g/mol. The zero-order valence-corrected chi connectivity index (χ0v) is 28.6. The zero-order valence-electron chi connectivity index (χ0n) is 28.6. The van der Waals surface area contributed by atoms with Crippen LogP contribution in [0.1, 0.15) is 0 Å². The summed E-state index contributed by atoms with van der Waals surface area (Å²) in [6.45, 7) is 0. The van der Waals surface area contributed by atoms with Crippen molar-refractivity contribution < 1.29 is 0 Å². The van der Waals surface area contributed by atoms with Crippen molar-refractivity contribution in [1.82, 2.24) is 18.9 Å². The van der Waals surface area contributed by atoms with Gasteiger partial charge in [-0.15, -0.1) is 0 Å². The molecule has 3 heterocycles. The van der Waals surface area contributed by atoms with E-state index in [9.17, 15) is 0 Å². The Bertz CT molecular complexity index is 3170. The highest BCUT2D eigenvalue weighted by molar-refractivity contribution is 6.10. The molecule has 5 nitrogen and oxygen atoms in total. The topological polar surface area (TPSA) is 38.4 Å². The van der Waals surface area contributed by atoms with Gasteiger partial charge in [-0.05, 0) is 83.2 Å². The lowest BCUT2D eigenvalue weighted by molar-refractivity contribution is 0.979. The van der Waals surface area contributed by atoms with Crippen LogP contribution in [0.4, 0.5) is 17.1 Å². The Hall–Kier alpha value is -7.24. The summed E-state index contributed by atoms with van der Waals surface area (Å²) < 4.78 is 4.53. The Kier molecular flexibility index (Phi) is 6.48. The second-order valence-electron chi connectivity index (χ2n) is 13.5. The van der Waals surface area contributed by atoms with Crippen molar-refractivity contribution >= 4 is 77.2 Å². The van der Waals surface area contributed by atoms with Crippen molar-refractivity contribution in [2.45, 2.75) is 0 Å². The maximum atomic E-state index is 5.36. The third-order valence-electron chi connectivity index (χ3n) is 10.5. The van der Waals surface area contributed by atoms with Crippen LogP contribution in [0, 0.1) is 0 Å². The van der Waals surface area contributed by atoms with Gasteiger partial charge in [0.05, 0.1) is 33.3 Å². The van der Waals surface area contributed by atoms with Crippen molar-refractivity contribution in [3.05, 3.63) is 188 Å². The third kappa shape index (κ3) is 4.57. The van der Waals surface area contributed by atoms with Gasteiger partial charge in [0.15, 0.2) is 0 Å². The number of aromatic nitrogens is 4. The molecule has 0 fully saturated rings. The first-order chi connectivity index (χ1) is 26.3. The number of hydrogen-bond donors (Lipinski definition) is 0. The molecule has 3 aromatic heterocycles. The molecule has 0 amide bonds. The molecule has 11 rings (SSSR count). The fourth-order valence-corrected chi connectivity index (χ4v) is 8.05. The summed E-state index contributed by atoms with van der Waals surface area (Å²) in [7, 11) is 0. The standard InChI is InChI=1S/C48H31N5/c1-2-15-35(16-3-1)51(43-24-12-14-33-13-4-5-17-37(33)43)36-28-25-32(26-29-36)34-27-30-39-38-18-7-10-22-44(38)52(46(39)31-34)48-50-41-20-8-6-19-40(41)47-49-42-21-9-11-23-45(42)53(47)48/h1-31H. The summed E-state index contributed by atoms with van der Waals surface area (Å²) >= 11 is 0. The molecule has 0 N–H and O–H groups in total. The molecular weight excluding hydrogens is 647 g/mol. The molecule has 0 saturated heterocycles. The number of benzene rings is 8. The maximum absolute atomic E-state index is 5.36. The van der Waals surface area contributed by atoms with Gasteiger partial charge >= 0.3 is 0 Å². The number of fused-ring (bicyclic) bond motifs is 9. The third-order valence-corrected chi connectivity index (χ3v) is 10.5. The molecule has 5 heteroatoms. The summed E-state index contributed by atoms with van der Waals surface area (Å²) in [5, 5.41) is 5.82. The lowest BCUT2D eigenvalue weighted by Crippen LogP contribution is -2.10. The first-order valence-electron chi connectivity index (χ1n) is 17.9. The molecule has 53 heavy (non-hydrogen) atoms. The number of hydrogen-bond acceptors (Lipinski definition) is 3. The zero-order chi connectivity index (χ0) is 34.9. The Morgan fingerprint density at radius 2 is 1.02 bits per heavy atom. The van der Waals surface area contributed by atoms with Crippen molar-refractivity contribution in [3.63, 3.8) is 0 Å². The van der Waals surface area contributed by atoms with Crippen molar-refractivity contribution in [3.8, 4) is 17.1 Å². The van der Waals surface area contributed by atoms with Crippen molar-refractivity contribution in [2.24, 2.45) is 0 Å². The lowest BCUT2D eigenvalue weighted by Gasteiger charge is -2.27. The molecule has 8 aromatic carbocycles. The van der Waals surface area contributed by atoms with Gasteiger partial charge in [-0.3, -0.25) is 8.97 Å². The number of para-hydroxylation sites is 5. The highest BCUT2D eigenvalue weighted by Gasteiger charge is 2.21. The van der Waals surface area contributed by atoms with E-state index < -0.39 is 0 Å². The minimum Gasteiger partial charge on any atom is -0.310 e. The Balaban J connectivity index is 1.11. The predicted octanol–water partition coefficient (Wildman–Crippen LogP) is 12.4. The highest BCUT2D eigenvalue weighted by atomic mass is 15.2. The largest absolute Gasteiger partial charge is 0.310 e. The minimum atomic E-state index is 0.819. The summed E-state index contributed by atoms with van der Waals surface area (Å²) in [6.07, 6.45) is 0. The molecule has 0 spiro atoms. The number of nitrogens with zero attached hydrogens (tertiary/aromatic N) is 5. The highest BCUT2D eigenvalue weighted by Crippen LogP contribution is 2.40. The van der Waals surface area contributed by atoms with E-state index in [0.29, 0.717) is 0 Å². The number of anilines is 3. The van der Waals surface area contributed by atoms with Crippen LogP contribution in [-0.2, 0) is 0 Å². The van der Waals surface area contributed by atoms with Crippen LogP contribution < -0.4 is 4.90 Å². The van der Waals surface area contributed by atoms with Crippen LogP contribution in [0.3, 0.4) is 0 Å². The van der Waals surface area contributed by atoms with E-state index in [-0.39, 0.29) is 0 Å². The molecule has 0 radical (unpaired) electrons. The van der Waals surface area contributed by atoms with Gasteiger partial charge in [0.1, 0.15) is 5.65 Å². The molecule has 0 saturated carbocycles. The van der Waals surface area contributed by atoms with Gasteiger partial charge < -0.3 is 4.90 Å². The van der Waals surface area contributed by atoms with E-state index in [0.717, 1.165) is 72.8 Å². The predicted molar refractivity (Wildman–Crippen MR) is 220 cm³/mol. The lowest BCUT2D eigenvalue weighted by atomic mass is 10.0. The average Bonchev–Trinajstić information content (AvgIpc) is 3.78. The smallest absolute Gasteiger partial charge is 0.221 e. The van der Waals surface area contributed by atoms with Gasteiger partial charge in [-0.1, -0.05) is 121 Å². The summed E-state index contributed by atoms with van der Waals surface area (Å²) in [5.74, 6) is 0.819. The van der Waals surface area contributed by atoms with E-state index in [4.69, 9.17) is 9.97 Å². The molecule has 0 atom stereocenters. The summed E-state index contributed by atoms with van der Waals surface area (Å²) in [4.78, 5) is 12.8. The van der Waals surface area contributed by atoms with Crippen LogP contribution in [-0.4, -0.2) is 18.9 Å². The van der Waals surface area contributed by atoms with Crippen molar-refractivity contribution in [2.75, 3.05) is 4.90 Å². The van der Waals surface area contributed by atoms with E-state index in [1.165, 1.54) is 21.5 Å². The van der Waals surface area contributed by atoms with Crippen LogP contribution in [0.2, 0.25) is 0 Å². The molecule has 0 unspecified atom stereocenters. The van der Waals surface area contributed by atoms with E-state index in [2.05, 4.69) is 190 Å². The number of imidazole rings is 1. The Morgan fingerprint density at radius 1 is 0.396 bits per heavy atom. The molecule has 11 aromatic rings. The van der Waals surface area contributed by atoms with Gasteiger partial charge in [0, 0.05) is 32.9 Å². The SMILES string of the molecule is c1ccc(N(c2ccc(-c3ccc4c5ccccc5n(-c5nc6ccccc6c6nc7ccccc7n56)c4c3)cc2)c2cccc3ccccc23)cc1. The fourth-order valence-electron chi connectivity index (χ4n) is 8.05. The quantitative estimate of drug-likeness (QED) is 0.182. The normalized spacial score (nSPS) is 11.8. The summed E-state index contributed by atoms with van der Waals surface area (Å²) in [5.41, 5.74) is 11.6. The maximum Gasteiger partial charge on any atom is 0.221 e. The summed E-state index contributed by atoms with van der Waals surface area (Å²) in [6, 6.07) is 66.7. The Morgan fingerprint density at radius 3 is 1.87 bits per heavy atom. The van der Waals surface area contributed by atoms with E-state index >= 15 is 0 Å². The molecule has 0 aliphatic heterocycles. The van der Waals surface area contributed by atoms with Gasteiger partial charge in [-0.25, -0.2) is 9.97 Å². The minimum absolute atomic E-state index is 0.819. The second-order valence-corrected chi connectivity index (χ2v) is 13.5. The van der Waals surface area contributed by atoms with Crippen LogP contribution in [0.15, 0.2) is 188 Å². The molecule has 0 aliphatic carbocycles. The number of rotatable bonds is 5. The molecule has 248 valence electrons. The van der Waals surface area contributed by atoms with Crippen molar-refractivity contribution in [1.29, 1.82) is 0 Å². The van der Waals surface area contributed by atoms with Gasteiger partial charge in [-0.2, -0.15) is 0 Å². The van der Waals surface area contributed by atoms with Gasteiger partial charge in [0.2, 0.25) is 5.95 Å². The van der Waals surface area contributed by atoms with E-state index in [1.807, 2.05) is 12.1 Å². The van der Waals surface area contributed by atoms with Crippen LogP contribution >= 0.6 is 0 Å². The van der Waals surface area contributed by atoms with E-state index in [1.54, 1.807) is 0 Å². The second kappa shape index (κ2) is 11.7.